The number of fused-ring (bicyclic) bond motifs is 1. The zero-order valence-electron chi connectivity index (χ0n) is 16.7. The van der Waals surface area contributed by atoms with Gasteiger partial charge in [-0.2, -0.15) is 0 Å². The summed E-state index contributed by atoms with van der Waals surface area (Å²) in [6.45, 7) is 0.328. The largest absolute Gasteiger partial charge is 0.508 e. The molecule has 0 bridgehead atoms. The number of rotatable bonds is 6. The topological polar surface area (TPSA) is 84.2 Å². The van der Waals surface area contributed by atoms with Gasteiger partial charge in [-0.25, -0.2) is 4.39 Å². The highest BCUT2D eigenvalue weighted by molar-refractivity contribution is 6.50. The summed E-state index contributed by atoms with van der Waals surface area (Å²) in [5.74, 6) is -1.94. The van der Waals surface area contributed by atoms with Crippen LogP contribution < -0.4 is 5.32 Å². The van der Waals surface area contributed by atoms with Crippen LogP contribution in [-0.4, -0.2) is 27.8 Å². The Bertz CT molecular complexity index is 1320. The molecule has 2 aromatic carbocycles. The molecule has 0 saturated carbocycles. The Morgan fingerprint density at radius 3 is 2.52 bits per heavy atom. The lowest BCUT2D eigenvalue weighted by Gasteiger charge is -2.07. The van der Waals surface area contributed by atoms with Crippen molar-refractivity contribution >= 4 is 51.5 Å². The number of phenolic OH excluding ortho intramolecular Hbond substituents is 1. The molecule has 2 N–H and O–H groups in total. The van der Waals surface area contributed by atoms with Gasteiger partial charge in [0.15, 0.2) is 0 Å². The van der Waals surface area contributed by atoms with Crippen molar-refractivity contribution in [3.63, 3.8) is 0 Å². The Kier molecular flexibility index (Phi) is 5.28. The minimum Gasteiger partial charge on any atom is -0.508 e. The highest BCUT2D eigenvalue weighted by Crippen LogP contribution is 2.30. The van der Waals surface area contributed by atoms with E-state index < -0.39 is 11.7 Å². The van der Waals surface area contributed by atoms with Gasteiger partial charge in [-0.3, -0.25) is 14.6 Å². The van der Waals surface area contributed by atoms with Gasteiger partial charge in [-0.1, -0.05) is 35.3 Å². The van der Waals surface area contributed by atoms with Crippen molar-refractivity contribution < 1.29 is 19.1 Å². The molecule has 0 aliphatic rings. The molecule has 156 valence electrons. The zero-order valence-corrected chi connectivity index (χ0v) is 17.2. The normalized spacial score (nSPS) is 11.3. The molecule has 0 fully saturated rings. The highest BCUT2D eigenvalue weighted by Gasteiger charge is 2.23. The number of amides is 1. The first-order valence-electron chi connectivity index (χ1n) is 9.43. The van der Waals surface area contributed by atoms with E-state index in [-0.39, 0.29) is 32.9 Å². The average Bonchev–Trinajstić information content (AvgIpc) is 3.14. The Morgan fingerprint density at radius 2 is 1.84 bits per heavy atom. The Labute approximate surface area is 187 Å². The van der Waals surface area contributed by atoms with Crippen molar-refractivity contribution in [1.82, 2.24) is 9.55 Å². The Morgan fingerprint density at radius 1 is 1.13 bits per heavy atom. The number of nitrogens with one attached hydrogen (secondary N) is 1. The lowest BCUT2D eigenvalue weighted by Crippen LogP contribution is -2.23. The molecule has 4 aromatic rings. The number of hydrogen-bond acceptors (Lipinski definition) is 4. The van der Waals surface area contributed by atoms with Crippen molar-refractivity contribution in [3.8, 4) is 5.75 Å². The SMILES string of the molecule is [2H]Oc1ccc2c(c1)c(C(=O)C(=O)Nc1c(Cl)cncc1Cl)cn2Cc1ccc(F)cc1. The third-order valence-corrected chi connectivity index (χ3v) is 5.23. The molecular formula is C22H14Cl2FN3O3. The number of phenols is 1. The van der Waals surface area contributed by atoms with E-state index in [1.54, 1.807) is 28.8 Å². The molecule has 31 heavy (non-hydrogen) atoms. The summed E-state index contributed by atoms with van der Waals surface area (Å²) in [6, 6.07) is 10.7. The number of anilines is 1. The summed E-state index contributed by atoms with van der Waals surface area (Å²) in [5, 5.41) is 7.55. The lowest BCUT2D eigenvalue weighted by atomic mass is 10.1. The number of carbonyl (C=O) groups is 2. The van der Waals surface area contributed by atoms with Gasteiger partial charge < -0.3 is 15.0 Å². The van der Waals surface area contributed by atoms with Gasteiger partial charge in [0.1, 0.15) is 11.6 Å². The van der Waals surface area contributed by atoms with E-state index in [1.165, 1.54) is 36.8 Å². The molecule has 9 heteroatoms. The average molecular weight is 459 g/mol. The van der Waals surface area contributed by atoms with Crippen molar-refractivity contribution in [2.45, 2.75) is 6.54 Å². The first kappa shape index (κ1) is 19.5. The second-order valence-electron chi connectivity index (χ2n) is 6.74. The van der Waals surface area contributed by atoms with Crippen LogP contribution in [0.2, 0.25) is 10.0 Å². The van der Waals surface area contributed by atoms with Crippen molar-refractivity contribution in [2.24, 2.45) is 0 Å². The first-order valence-corrected chi connectivity index (χ1v) is 9.78. The van der Waals surface area contributed by atoms with Gasteiger partial charge in [0.05, 0.1) is 21.3 Å². The minimum atomic E-state index is -0.946. The van der Waals surface area contributed by atoms with Crippen LogP contribution in [0.1, 0.15) is 15.9 Å². The number of ketones is 1. The maximum atomic E-state index is 13.2. The Hall–Kier alpha value is -3.42. The van der Waals surface area contributed by atoms with Gasteiger partial charge in [0.2, 0.25) is 0 Å². The summed E-state index contributed by atoms with van der Waals surface area (Å²) >= 11 is 12.0. The van der Waals surface area contributed by atoms with Crippen LogP contribution in [0, 0.1) is 5.82 Å². The van der Waals surface area contributed by atoms with Gasteiger partial charge in [-0.05, 0) is 35.9 Å². The predicted molar refractivity (Wildman–Crippen MR) is 116 cm³/mol. The number of aromatic nitrogens is 2. The zero-order chi connectivity index (χ0) is 22.8. The van der Waals surface area contributed by atoms with E-state index in [0.717, 1.165) is 5.56 Å². The summed E-state index contributed by atoms with van der Waals surface area (Å²) in [7, 11) is 0. The molecule has 0 radical (unpaired) electrons. The number of aromatic hydroxyl groups is 1. The standard InChI is InChI=1S/C22H14Cl2FN3O3/c23-17-8-26-9-18(24)20(17)27-22(31)21(30)16-11-28(10-12-1-3-13(25)4-2-12)19-6-5-14(29)7-15(16)19/h1-9,11,29H,10H2,(H,26,27,31)/i/hD. The minimum absolute atomic E-state index is 0.0758. The number of benzene rings is 2. The van der Waals surface area contributed by atoms with Gasteiger partial charge in [-0.15, -0.1) is 0 Å². The van der Waals surface area contributed by atoms with Crippen LogP contribution in [0.3, 0.4) is 0 Å². The van der Waals surface area contributed by atoms with Crippen LogP contribution in [0.4, 0.5) is 10.1 Å². The van der Waals surface area contributed by atoms with Crippen molar-refractivity contribution in [3.05, 3.63) is 88.0 Å². The highest BCUT2D eigenvalue weighted by atomic mass is 35.5. The van der Waals surface area contributed by atoms with E-state index >= 15 is 0 Å². The fourth-order valence-electron chi connectivity index (χ4n) is 3.20. The molecule has 4 rings (SSSR count). The summed E-state index contributed by atoms with van der Waals surface area (Å²) in [5.41, 5.74) is 1.60. The van der Waals surface area contributed by atoms with Crippen LogP contribution in [0.25, 0.3) is 10.9 Å². The van der Waals surface area contributed by atoms with E-state index in [4.69, 9.17) is 24.6 Å². The maximum absolute atomic E-state index is 13.2. The first-order chi connectivity index (χ1) is 15.4. The van der Waals surface area contributed by atoms with Crippen molar-refractivity contribution in [1.29, 1.82) is 1.43 Å². The maximum Gasteiger partial charge on any atom is 0.296 e. The molecule has 0 aliphatic heterocycles. The molecule has 6 nitrogen and oxygen atoms in total. The second kappa shape index (κ2) is 8.37. The summed E-state index contributed by atoms with van der Waals surface area (Å²) in [6.07, 6.45) is 4.11. The number of Topliss-reactive ketones (excluding diaryl/α,β-unsaturated/α-hetero) is 1. The smallest absolute Gasteiger partial charge is 0.296 e. The molecule has 0 unspecified atom stereocenters. The van der Waals surface area contributed by atoms with Gasteiger partial charge in [0, 0.05) is 36.0 Å². The van der Waals surface area contributed by atoms with E-state index in [1.807, 2.05) is 0 Å². The number of hydrogen-bond donors (Lipinski definition) is 2. The van der Waals surface area contributed by atoms with Gasteiger partial charge >= 0.3 is 0 Å². The number of nitrogens with zero attached hydrogens (tertiary/aromatic N) is 2. The van der Waals surface area contributed by atoms with E-state index in [9.17, 15) is 14.0 Å². The van der Waals surface area contributed by atoms with Crippen LogP contribution >= 0.6 is 23.2 Å². The van der Waals surface area contributed by atoms with Crippen LogP contribution in [-0.2, 0) is 11.3 Å². The van der Waals surface area contributed by atoms with Crippen LogP contribution in [0.5, 0.6) is 5.75 Å². The molecule has 0 saturated heterocycles. The number of pyridine rings is 1. The van der Waals surface area contributed by atoms with Crippen LogP contribution in [0.15, 0.2) is 61.1 Å². The third-order valence-electron chi connectivity index (χ3n) is 4.66. The fourth-order valence-corrected chi connectivity index (χ4v) is 3.66. The molecule has 2 aromatic heterocycles. The molecule has 2 heterocycles. The molecule has 0 spiro atoms. The predicted octanol–water partition coefficient (Wildman–Crippen LogP) is 5.06. The lowest BCUT2D eigenvalue weighted by molar-refractivity contribution is -0.112. The molecule has 0 atom stereocenters. The van der Waals surface area contributed by atoms with E-state index in [2.05, 4.69) is 15.4 Å². The third kappa shape index (κ3) is 4.23. The Balaban J connectivity index is 1.72. The molecule has 1 amide bonds. The summed E-state index contributed by atoms with van der Waals surface area (Å²) < 4.78 is 22.1. The molecule has 0 aliphatic carbocycles. The summed E-state index contributed by atoms with van der Waals surface area (Å²) in [4.78, 5) is 29.5. The monoisotopic (exact) mass is 458 g/mol. The quantitative estimate of drug-likeness (QED) is 0.312. The van der Waals surface area contributed by atoms with Crippen molar-refractivity contribution in [2.75, 3.05) is 5.32 Å². The second-order valence-corrected chi connectivity index (χ2v) is 7.55. The van der Waals surface area contributed by atoms with E-state index in [0.29, 0.717) is 17.4 Å². The number of halogens is 3. The fraction of sp³-hybridized carbons (Fsp3) is 0.0455. The number of carbonyl (C=O) groups excluding carboxylic acids is 2. The molecular weight excluding hydrogens is 444 g/mol. The van der Waals surface area contributed by atoms with Gasteiger partial charge in [0.25, 0.3) is 13.1 Å².